The van der Waals surface area contributed by atoms with E-state index in [4.69, 9.17) is 0 Å². The maximum Gasteiger partial charge on any atom is 0.276 e. The van der Waals surface area contributed by atoms with Gasteiger partial charge in [0, 0.05) is 37.6 Å². The first-order valence-corrected chi connectivity index (χ1v) is 9.37. The molecule has 2 aromatic carbocycles. The van der Waals surface area contributed by atoms with Crippen molar-refractivity contribution in [3.05, 3.63) is 90.6 Å². The van der Waals surface area contributed by atoms with Gasteiger partial charge < -0.3 is 15.2 Å². The molecule has 0 radical (unpaired) electrons. The van der Waals surface area contributed by atoms with Gasteiger partial charge >= 0.3 is 0 Å². The van der Waals surface area contributed by atoms with Gasteiger partial charge in [-0.15, -0.1) is 0 Å². The predicted molar refractivity (Wildman–Crippen MR) is 114 cm³/mol. The molecule has 0 atom stereocenters. The van der Waals surface area contributed by atoms with Crippen molar-refractivity contribution in [2.45, 2.75) is 13.5 Å². The van der Waals surface area contributed by atoms with E-state index >= 15 is 0 Å². The van der Waals surface area contributed by atoms with Crippen molar-refractivity contribution in [2.24, 2.45) is 0 Å². The zero-order chi connectivity index (χ0) is 20.9. The van der Waals surface area contributed by atoms with Crippen molar-refractivity contribution in [1.29, 1.82) is 0 Å². The van der Waals surface area contributed by atoms with Crippen LogP contribution in [0.4, 0.5) is 11.5 Å². The Bertz CT molecular complexity index is 1170. The van der Waals surface area contributed by atoms with Crippen LogP contribution < -0.4 is 10.6 Å². The van der Waals surface area contributed by atoms with Gasteiger partial charge in [0.2, 0.25) is 5.91 Å². The standard InChI is InChI=1S/C22H20N6O2/c1-16(29)24-21-13-20(26-28(21)19-8-3-2-4-9-19)22(30)25-18-7-5-6-17(12-18)14-27-11-10-23-15-27/h2-13,15H,14H2,1H3,(H,24,29)(H,25,30). The van der Waals surface area contributed by atoms with Crippen LogP contribution in [0.1, 0.15) is 23.0 Å². The third-order valence-electron chi connectivity index (χ3n) is 4.36. The number of benzene rings is 2. The Kier molecular flexibility index (Phi) is 5.38. The number of hydrogen-bond donors (Lipinski definition) is 2. The highest BCUT2D eigenvalue weighted by Gasteiger charge is 2.16. The largest absolute Gasteiger partial charge is 0.333 e. The van der Waals surface area contributed by atoms with Crippen molar-refractivity contribution in [3.63, 3.8) is 0 Å². The number of rotatable bonds is 6. The molecule has 0 bridgehead atoms. The topological polar surface area (TPSA) is 93.8 Å². The first-order valence-electron chi connectivity index (χ1n) is 9.37. The summed E-state index contributed by atoms with van der Waals surface area (Å²) in [5.74, 6) is -0.185. The van der Waals surface area contributed by atoms with E-state index in [0.717, 1.165) is 11.3 Å². The van der Waals surface area contributed by atoms with E-state index in [1.807, 2.05) is 65.4 Å². The molecule has 0 saturated heterocycles. The highest BCUT2D eigenvalue weighted by Crippen LogP contribution is 2.19. The third-order valence-corrected chi connectivity index (χ3v) is 4.36. The summed E-state index contributed by atoms with van der Waals surface area (Å²) in [5.41, 5.74) is 2.62. The van der Waals surface area contributed by atoms with Crippen LogP contribution in [0.5, 0.6) is 0 Å². The minimum atomic E-state index is -0.365. The van der Waals surface area contributed by atoms with Crippen LogP contribution in [0.25, 0.3) is 5.69 Å². The van der Waals surface area contributed by atoms with Gasteiger partial charge in [0.25, 0.3) is 5.91 Å². The second kappa shape index (κ2) is 8.44. The van der Waals surface area contributed by atoms with Gasteiger partial charge in [-0.25, -0.2) is 9.67 Å². The number of aromatic nitrogens is 4. The Labute approximate surface area is 173 Å². The maximum atomic E-state index is 12.8. The van der Waals surface area contributed by atoms with E-state index < -0.39 is 0 Å². The number of imidazole rings is 1. The highest BCUT2D eigenvalue weighted by molar-refractivity contribution is 6.04. The van der Waals surface area contributed by atoms with E-state index in [2.05, 4.69) is 20.7 Å². The van der Waals surface area contributed by atoms with Gasteiger partial charge in [-0.05, 0) is 29.8 Å². The Hall–Kier alpha value is -4.20. The number of para-hydroxylation sites is 1. The lowest BCUT2D eigenvalue weighted by Crippen LogP contribution is -2.13. The van der Waals surface area contributed by atoms with Crippen LogP contribution in [-0.2, 0) is 11.3 Å². The van der Waals surface area contributed by atoms with Gasteiger partial charge in [-0.3, -0.25) is 9.59 Å². The second-order valence-electron chi connectivity index (χ2n) is 6.73. The number of nitrogens with zero attached hydrogens (tertiary/aromatic N) is 4. The van der Waals surface area contributed by atoms with Gasteiger partial charge in [0.05, 0.1) is 12.0 Å². The molecule has 0 aliphatic heterocycles. The van der Waals surface area contributed by atoms with Gasteiger partial charge in [0.15, 0.2) is 5.69 Å². The van der Waals surface area contributed by atoms with E-state index in [1.54, 1.807) is 18.6 Å². The molecule has 150 valence electrons. The van der Waals surface area contributed by atoms with Crippen LogP contribution in [0.3, 0.4) is 0 Å². The molecule has 2 amide bonds. The third kappa shape index (κ3) is 4.44. The quantitative estimate of drug-likeness (QED) is 0.519. The molecule has 0 aliphatic rings. The van der Waals surface area contributed by atoms with E-state index in [1.165, 1.54) is 11.6 Å². The summed E-state index contributed by atoms with van der Waals surface area (Å²) in [4.78, 5) is 28.4. The fraction of sp³-hybridized carbons (Fsp3) is 0.0909. The van der Waals surface area contributed by atoms with Crippen LogP contribution in [0, 0.1) is 0 Å². The summed E-state index contributed by atoms with van der Waals surface area (Å²) < 4.78 is 3.48. The van der Waals surface area contributed by atoms with Crippen LogP contribution in [-0.4, -0.2) is 31.1 Å². The zero-order valence-corrected chi connectivity index (χ0v) is 16.3. The number of hydrogen-bond acceptors (Lipinski definition) is 4. The Morgan fingerprint density at radius 1 is 1.00 bits per heavy atom. The Morgan fingerprint density at radius 3 is 2.57 bits per heavy atom. The number of carbonyl (C=O) groups is 2. The summed E-state index contributed by atoms with van der Waals surface area (Å²) in [7, 11) is 0. The van der Waals surface area contributed by atoms with Gasteiger partial charge in [-0.1, -0.05) is 30.3 Å². The molecule has 2 aromatic heterocycles. The zero-order valence-electron chi connectivity index (χ0n) is 16.3. The first kappa shape index (κ1) is 19.1. The second-order valence-corrected chi connectivity index (χ2v) is 6.73. The van der Waals surface area contributed by atoms with Crippen molar-refractivity contribution in [2.75, 3.05) is 10.6 Å². The fourth-order valence-corrected chi connectivity index (χ4v) is 3.06. The Balaban J connectivity index is 1.56. The van der Waals surface area contributed by atoms with E-state index in [-0.39, 0.29) is 17.5 Å². The average Bonchev–Trinajstić information content (AvgIpc) is 3.38. The maximum absolute atomic E-state index is 12.8. The van der Waals surface area contributed by atoms with Crippen molar-refractivity contribution in [3.8, 4) is 5.69 Å². The molecule has 8 nitrogen and oxygen atoms in total. The molecular weight excluding hydrogens is 380 g/mol. The number of nitrogens with one attached hydrogen (secondary N) is 2. The summed E-state index contributed by atoms with van der Waals surface area (Å²) >= 11 is 0. The van der Waals surface area contributed by atoms with Gasteiger partial charge in [0.1, 0.15) is 5.82 Å². The van der Waals surface area contributed by atoms with Gasteiger partial charge in [-0.2, -0.15) is 5.10 Å². The van der Waals surface area contributed by atoms with Crippen molar-refractivity contribution in [1.82, 2.24) is 19.3 Å². The monoisotopic (exact) mass is 400 g/mol. The summed E-state index contributed by atoms with van der Waals surface area (Å²) in [5, 5.41) is 9.98. The normalized spacial score (nSPS) is 10.6. The van der Waals surface area contributed by atoms with E-state index in [9.17, 15) is 9.59 Å². The lowest BCUT2D eigenvalue weighted by molar-refractivity contribution is -0.114. The average molecular weight is 400 g/mol. The summed E-state index contributed by atoms with van der Waals surface area (Å²) in [6, 6.07) is 18.4. The Morgan fingerprint density at radius 2 is 1.83 bits per heavy atom. The molecule has 2 heterocycles. The molecule has 0 aliphatic carbocycles. The van der Waals surface area contributed by atoms with E-state index in [0.29, 0.717) is 18.1 Å². The van der Waals surface area contributed by atoms with Crippen molar-refractivity contribution >= 4 is 23.3 Å². The number of anilines is 2. The van der Waals surface area contributed by atoms with Crippen LogP contribution in [0.2, 0.25) is 0 Å². The van der Waals surface area contributed by atoms with Crippen LogP contribution >= 0.6 is 0 Å². The minimum Gasteiger partial charge on any atom is -0.333 e. The SMILES string of the molecule is CC(=O)Nc1cc(C(=O)Nc2cccc(Cn3ccnc3)c2)nn1-c1ccccc1. The lowest BCUT2D eigenvalue weighted by Gasteiger charge is -2.07. The molecule has 0 spiro atoms. The molecule has 0 saturated carbocycles. The molecule has 4 rings (SSSR count). The van der Waals surface area contributed by atoms with Crippen LogP contribution in [0.15, 0.2) is 79.4 Å². The smallest absolute Gasteiger partial charge is 0.276 e. The first-order chi connectivity index (χ1) is 14.6. The molecule has 8 heteroatoms. The molecule has 30 heavy (non-hydrogen) atoms. The lowest BCUT2D eigenvalue weighted by atomic mass is 10.2. The highest BCUT2D eigenvalue weighted by atomic mass is 16.2. The number of carbonyl (C=O) groups excluding carboxylic acids is 2. The predicted octanol–water partition coefficient (Wildman–Crippen LogP) is 3.33. The summed E-state index contributed by atoms with van der Waals surface area (Å²) in [6.45, 7) is 2.06. The molecule has 0 fully saturated rings. The minimum absolute atomic E-state index is 0.197. The fourth-order valence-electron chi connectivity index (χ4n) is 3.06. The molecule has 4 aromatic rings. The number of amides is 2. The summed E-state index contributed by atoms with van der Waals surface area (Å²) in [6.07, 6.45) is 5.34. The molecule has 0 unspecified atom stereocenters. The molecular formula is C22H20N6O2. The molecule has 2 N–H and O–H groups in total. The van der Waals surface area contributed by atoms with Crippen molar-refractivity contribution < 1.29 is 9.59 Å².